The van der Waals surface area contributed by atoms with Crippen LogP contribution in [0.4, 0.5) is 5.69 Å². The fraction of sp³-hybridized carbons (Fsp3) is 0.261. The molecule has 0 bridgehead atoms. The van der Waals surface area contributed by atoms with Gasteiger partial charge in [0.1, 0.15) is 0 Å². The number of hydrogen-bond donors (Lipinski definition) is 1. The highest BCUT2D eigenvalue weighted by atomic mass is 32.2. The molecule has 1 aliphatic heterocycles. The zero-order valence-corrected chi connectivity index (χ0v) is 17.0. The SMILES string of the molecule is O=C(Nc1ccc2ccccc2c1)c1ccc(S(=O)(=O)N2CCCCCC2)cc1. The summed E-state index contributed by atoms with van der Waals surface area (Å²) in [5, 5.41) is 5.03. The Bertz CT molecular complexity index is 1120. The molecule has 1 saturated heterocycles. The van der Waals surface area contributed by atoms with Gasteiger partial charge in [-0.2, -0.15) is 4.31 Å². The van der Waals surface area contributed by atoms with Crippen LogP contribution in [0.5, 0.6) is 0 Å². The van der Waals surface area contributed by atoms with Crippen LogP contribution in [0, 0.1) is 0 Å². The minimum atomic E-state index is -3.51. The largest absolute Gasteiger partial charge is 0.322 e. The second kappa shape index (κ2) is 8.35. The number of benzene rings is 3. The third-order valence-corrected chi connectivity index (χ3v) is 7.24. The summed E-state index contributed by atoms with van der Waals surface area (Å²) < 4.78 is 27.3. The monoisotopic (exact) mass is 408 g/mol. The van der Waals surface area contributed by atoms with Crippen molar-refractivity contribution in [3.8, 4) is 0 Å². The molecule has 0 spiro atoms. The fourth-order valence-corrected chi connectivity index (χ4v) is 5.20. The van der Waals surface area contributed by atoms with Gasteiger partial charge in [-0.05, 0) is 60.0 Å². The van der Waals surface area contributed by atoms with Gasteiger partial charge in [-0.15, -0.1) is 0 Å². The molecule has 29 heavy (non-hydrogen) atoms. The quantitative estimate of drug-likeness (QED) is 0.683. The van der Waals surface area contributed by atoms with Gasteiger partial charge in [-0.3, -0.25) is 4.79 Å². The van der Waals surface area contributed by atoms with Gasteiger partial charge in [0, 0.05) is 24.3 Å². The summed E-state index contributed by atoms with van der Waals surface area (Å²) in [6, 6.07) is 19.9. The molecule has 4 rings (SSSR count). The lowest BCUT2D eigenvalue weighted by Crippen LogP contribution is -2.31. The van der Waals surface area contributed by atoms with E-state index in [4.69, 9.17) is 0 Å². The van der Waals surface area contributed by atoms with Crippen molar-refractivity contribution >= 4 is 32.4 Å². The zero-order chi connectivity index (χ0) is 20.3. The molecule has 6 heteroatoms. The van der Waals surface area contributed by atoms with Crippen molar-refractivity contribution in [1.29, 1.82) is 0 Å². The maximum Gasteiger partial charge on any atom is 0.255 e. The lowest BCUT2D eigenvalue weighted by Gasteiger charge is -2.20. The highest BCUT2D eigenvalue weighted by molar-refractivity contribution is 7.89. The van der Waals surface area contributed by atoms with E-state index in [1.807, 2.05) is 42.5 Å². The predicted molar refractivity (Wildman–Crippen MR) is 116 cm³/mol. The summed E-state index contributed by atoms with van der Waals surface area (Å²) >= 11 is 0. The van der Waals surface area contributed by atoms with Crippen molar-refractivity contribution in [2.45, 2.75) is 30.6 Å². The van der Waals surface area contributed by atoms with E-state index in [0.29, 0.717) is 24.3 Å². The number of anilines is 1. The highest BCUT2D eigenvalue weighted by Crippen LogP contribution is 2.22. The number of amides is 1. The minimum Gasteiger partial charge on any atom is -0.322 e. The molecule has 3 aromatic rings. The molecule has 1 fully saturated rings. The Kier molecular flexibility index (Phi) is 5.65. The van der Waals surface area contributed by atoms with Crippen LogP contribution in [-0.4, -0.2) is 31.7 Å². The van der Waals surface area contributed by atoms with Crippen molar-refractivity contribution in [2.75, 3.05) is 18.4 Å². The van der Waals surface area contributed by atoms with Crippen LogP contribution in [0.2, 0.25) is 0 Å². The smallest absolute Gasteiger partial charge is 0.255 e. The van der Waals surface area contributed by atoms with Crippen LogP contribution in [0.25, 0.3) is 10.8 Å². The Morgan fingerprint density at radius 2 is 1.45 bits per heavy atom. The van der Waals surface area contributed by atoms with Crippen molar-refractivity contribution in [1.82, 2.24) is 4.31 Å². The van der Waals surface area contributed by atoms with Crippen molar-refractivity contribution in [2.24, 2.45) is 0 Å². The number of fused-ring (bicyclic) bond motifs is 1. The normalized spacial score (nSPS) is 15.7. The zero-order valence-electron chi connectivity index (χ0n) is 16.2. The van der Waals surface area contributed by atoms with Gasteiger partial charge < -0.3 is 5.32 Å². The van der Waals surface area contributed by atoms with Gasteiger partial charge in [0.15, 0.2) is 0 Å². The molecular weight excluding hydrogens is 384 g/mol. The summed E-state index contributed by atoms with van der Waals surface area (Å²) in [5.74, 6) is -0.265. The third-order valence-electron chi connectivity index (χ3n) is 5.33. The van der Waals surface area contributed by atoms with Crippen LogP contribution in [0.1, 0.15) is 36.0 Å². The molecule has 5 nitrogen and oxygen atoms in total. The number of nitrogens with zero attached hydrogens (tertiary/aromatic N) is 1. The number of rotatable bonds is 4. The molecule has 0 aromatic heterocycles. The second-order valence-electron chi connectivity index (χ2n) is 7.36. The molecule has 1 heterocycles. The predicted octanol–water partition coefficient (Wildman–Crippen LogP) is 4.66. The topological polar surface area (TPSA) is 66.5 Å². The summed E-state index contributed by atoms with van der Waals surface area (Å²) in [6.07, 6.45) is 3.93. The highest BCUT2D eigenvalue weighted by Gasteiger charge is 2.25. The fourth-order valence-electron chi connectivity index (χ4n) is 3.68. The molecule has 0 aliphatic carbocycles. The van der Waals surface area contributed by atoms with Gasteiger partial charge in [-0.1, -0.05) is 43.2 Å². The molecule has 0 atom stereocenters. The second-order valence-corrected chi connectivity index (χ2v) is 9.30. The number of carbonyl (C=O) groups excluding carboxylic acids is 1. The molecule has 1 amide bonds. The van der Waals surface area contributed by atoms with Crippen molar-refractivity contribution < 1.29 is 13.2 Å². The number of hydrogen-bond acceptors (Lipinski definition) is 3. The Balaban J connectivity index is 1.49. The standard InChI is InChI=1S/C23H24N2O3S/c26-23(24-21-12-9-18-7-3-4-8-20(18)17-21)19-10-13-22(14-11-19)29(27,28)25-15-5-1-2-6-16-25/h3-4,7-14,17H,1-2,5-6,15-16H2,(H,24,26). The van der Waals surface area contributed by atoms with Crippen LogP contribution in [0.15, 0.2) is 71.6 Å². The van der Waals surface area contributed by atoms with Gasteiger partial charge in [-0.25, -0.2) is 8.42 Å². The molecule has 1 aliphatic rings. The molecule has 0 radical (unpaired) electrons. The average Bonchev–Trinajstić information content (AvgIpc) is 3.04. The average molecular weight is 409 g/mol. The van der Waals surface area contributed by atoms with Crippen LogP contribution >= 0.6 is 0 Å². The third kappa shape index (κ3) is 4.33. The number of carbonyl (C=O) groups is 1. The molecular formula is C23H24N2O3S. The molecule has 1 N–H and O–H groups in total. The molecule has 0 saturated carbocycles. The first-order chi connectivity index (χ1) is 14.0. The Morgan fingerprint density at radius 3 is 2.14 bits per heavy atom. The first-order valence-corrected chi connectivity index (χ1v) is 11.4. The van der Waals surface area contributed by atoms with Gasteiger partial charge in [0.25, 0.3) is 5.91 Å². The summed E-state index contributed by atoms with van der Waals surface area (Å²) in [4.78, 5) is 12.8. The van der Waals surface area contributed by atoms with Gasteiger partial charge >= 0.3 is 0 Å². The van der Waals surface area contributed by atoms with E-state index >= 15 is 0 Å². The van der Waals surface area contributed by atoms with Crippen LogP contribution in [-0.2, 0) is 10.0 Å². The van der Waals surface area contributed by atoms with Crippen LogP contribution < -0.4 is 5.32 Å². The van der Waals surface area contributed by atoms with E-state index in [0.717, 1.165) is 36.5 Å². The summed E-state index contributed by atoms with van der Waals surface area (Å²) in [7, 11) is -3.51. The van der Waals surface area contributed by atoms with E-state index in [9.17, 15) is 13.2 Å². The van der Waals surface area contributed by atoms with Crippen molar-refractivity contribution in [3.63, 3.8) is 0 Å². The Hall–Kier alpha value is -2.70. The first kappa shape index (κ1) is 19.6. The van der Waals surface area contributed by atoms with Crippen LogP contribution in [0.3, 0.4) is 0 Å². The van der Waals surface area contributed by atoms with E-state index in [1.165, 1.54) is 12.1 Å². The maximum absolute atomic E-state index is 12.9. The van der Waals surface area contributed by atoms with E-state index in [-0.39, 0.29) is 10.8 Å². The van der Waals surface area contributed by atoms with Crippen molar-refractivity contribution in [3.05, 3.63) is 72.3 Å². The molecule has 0 unspecified atom stereocenters. The number of sulfonamides is 1. The Labute approximate surface area is 171 Å². The van der Waals surface area contributed by atoms with Gasteiger partial charge in [0.2, 0.25) is 10.0 Å². The van der Waals surface area contributed by atoms with E-state index < -0.39 is 10.0 Å². The van der Waals surface area contributed by atoms with E-state index in [2.05, 4.69) is 5.32 Å². The Morgan fingerprint density at radius 1 is 0.793 bits per heavy atom. The maximum atomic E-state index is 12.9. The van der Waals surface area contributed by atoms with E-state index in [1.54, 1.807) is 16.4 Å². The molecule has 150 valence electrons. The number of nitrogens with one attached hydrogen (secondary N) is 1. The van der Waals surface area contributed by atoms with Gasteiger partial charge in [0.05, 0.1) is 4.90 Å². The lowest BCUT2D eigenvalue weighted by molar-refractivity contribution is 0.102. The first-order valence-electron chi connectivity index (χ1n) is 9.94. The molecule has 3 aromatic carbocycles. The summed E-state index contributed by atoms with van der Waals surface area (Å²) in [6.45, 7) is 1.12. The lowest BCUT2D eigenvalue weighted by atomic mass is 10.1. The summed E-state index contributed by atoms with van der Waals surface area (Å²) in [5.41, 5.74) is 1.13. The minimum absolute atomic E-state index is 0.238.